The fraction of sp³-hybridized carbons (Fsp3) is 0.143. The maximum atomic E-state index is 14.0. The molecule has 0 aliphatic rings. The first kappa shape index (κ1) is 15.8. The van der Waals surface area contributed by atoms with E-state index in [1.54, 1.807) is 25.2 Å². The summed E-state index contributed by atoms with van der Waals surface area (Å²) < 4.78 is 40.7. The topological polar surface area (TPSA) is 58.2 Å². The van der Waals surface area contributed by atoms with Crippen LogP contribution >= 0.6 is 11.6 Å². The lowest BCUT2D eigenvalue weighted by molar-refractivity contribution is 0.568. The van der Waals surface area contributed by atoms with Gasteiger partial charge < -0.3 is 5.32 Å². The van der Waals surface area contributed by atoms with Gasteiger partial charge in [0.2, 0.25) is 0 Å². The van der Waals surface area contributed by atoms with E-state index < -0.39 is 20.7 Å². The average molecular weight is 329 g/mol. The Morgan fingerprint density at radius 2 is 1.95 bits per heavy atom. The van der Waals surface area contributed by atoms with Gasteiger partial charge in [0.1, 0.15) is 10.7 Å². The van der Waals surface area contributed by atoms with E-state index in [0.717, 1.165) is 0 Å². The summed E-state index contributed by atoms with van der Waals surface area (Å²) >= 11 is 5.79. The van der Waals surface area contributed by atoms with Gasteiger partial charge in [-0.1, -0.05) is 23.7 Å². The van der Waals surface area contributed by atoms with Gasteiger partial charge in [-0.25, -0.2) is 12.8 Å². The number of halogens is 2. The van der Waals surface area contributed by atoms with Crippen LogP contribution in [0.25, 0.3) is 0 Å². The molecule has 0 saturated heterocycles. The fourth-order valence-corrected chi connectivity index (χ4v) is 3.14. The highest BCUT2D eigenvalue weighted by Gasteiger charge is 2.19. The van der Waals surface area contributed by atoms with Crippen molar-refractivity contribution in [2.75, 3.05) is 11.8 Å². The van der Waals surface area contributed by atoms with Crippen molar-refractivity contribution in [1.29, 1.82) is 0 Å². The third-order valence-corrected chi connectivity index (χ3v) is 4.39. The molecule has 0 spiro atoms. The number of hydrogen-bond acceptors (Lipinski definition) is 3. The van der Waals surface area contributed by atoms with Crippen LogP contribution in [-0.2, 0) is 16.6 Å². The molecular formula is C14H14ClFN2O2S. The molecule has 0 unspecified atom stereocenters. The number of sulfonamides is 1. The molecule has 0 radical (unpaired) electrons. The molecule has 21 heavy (non-hydrogen) atoms. The normalized spacial score (nSPS) is 11.4. The average Bonchev–Trinajstić information content (AvgIpc) is 2.38. The Hall–Kier alpha value is -1.63. The van der Waals surface area contributed by atoms with Crippen LogP contribution in [0.4, 0.5) is 10.1 Å². The highest BCUT2D eigenvalue weighted by molar-refractivity contribution is 7.92. The Labute approximate surface area is 128 Å². The summed E-state index contributed by atoms with van der Waals surface area (Å²) in [6, 6.07) is 10.2. The monoisotopic (exact) mass is 328 g/mol. The quantitative estimate of drug-likeness (QED) is 0.887. The molecule has 0 atom stereocenters. The maximum absolute atomic E-state index is 14.0. The molecule has 0 aromatic heterocycles. The van der Waals surface area contributed by atoms with Crippen molar-refractivity contribution >= 4 is 27.3 Å². The molecule has 0 heterocycles. The van der Waals surface area contributed by atoms with Crippen molar-refractivity contribution in [3.05, 3.63) is 58.9 Å². The molecule has 2 rings (SSSR count). The van der Waals surface area contributed by atoms with E-state index in [1.165, 1.54) is 24.3 Å². The van der Waals surface area contributed by atoms with Crippen LogP contribution in [-0.4, -0.2) is 15.5 Å². The van der Waals surface area contributed by atoms with Crippen molar-refractivity contribution in [2.45, 2.75) is 11.4 Å². The Kier molecular flexibility index (Phi) is 4.82. The summed E-state index contributed by atoms with van der Waals surface area (Å²) in [5.41, 5.74) is 0.943. The molecule has 0 saturated carbocycles. The molecule has 0 fully saturated rings. The fourth-order valence-electron chi connectivity index (χ4n) is 1.84. The van der Waals surface area contributed by atoms with E-state index in [4.69, 9.17) is 11.6 Å². The van der Waals surface area contributed by atoms with E-state index in [1.807, 2.05) is 0 Å². The van der Waals surface area contributed by atoms with Gasteiger partial charge in [-0.3, -0.25) is 4.72 Å². The summed E-state index contributed by atoms with van der Waals surface area (Å²) in [4.78, 5) is -0.401. The van der Waals surface area contributed by atoms with E-state index in [2.05, 4.69) is 10.0 Å². The van der Waals surface area contributed by atoms with E-state index in [9.17, 15) is 12.8 Å². The SMILES string of the molecule is CNCc1ccc(S(=O)(=O)Nc2cccc(Cl)c2)c(F)c1. The molecule has 7 heteroatoms. The number of hydrogen-bond donors (Lipinski definition) is 2. The first-order valence-corrected chi connectivity index (χ1v) is 8.00. The molecule has 4 nitrogen and oxygen atoms in total. The second kappa shape index (κ2) is 6.43. The van der Waals surface area contributed by atoms with Gasteiger partial charge in [0.05, 0.1) is 5.69 Å². The van der Waals surface area contributed by atoms with Crippen molar-refractivity contribution in [2.24, 2.45) is 0 Å². The van der Waals surface area contributed by atoms with Gasteiger partial charge in [-0.2, -0.15) is 0 Å². The molecule has 2 aromatic rings. The van der Waals surface area contributed by atoms with Gasteiger partial charge in [0.25, 0.3) is 10.0 Å². The number of benzene rings is 2. The van der Waals surface area contributed by atoms with Crippen molar-refractivity contribution in [1.82, 2.24) is 5.32 Å². The maximum Gasteiger partial charge on any atom is 0.264 e. The lowest BCUT2D eigenvalue weighted by Gasteiger charge is -2.10. The van der Waals surface area contributed by atoms with Gasteiger partial charge in [0, 0.05) is 11.6 Å². The molecule has 0 bridgehead atoms. The third-order valence-electron chi connectivity index (χ3n) is 2.74. The van der Waals surface area contributed by atoms with Gasteiger partial charge in [-0.15, -0.1) is 0 Å². The lowest BCUT2D eigenvalue weighted by atomic mass is 10.2. The zero-order chi connectivity index (χ0) is 15.5. The zero-order valence-corrected chi connectivity index (χ0v) is 12.8. The number of nitrogens with one attached hydrogen (secondary N) is 2. The van der Waals surface area contributed by atoms with E-state index in [-0.39, 0.29) is 5.69 Å². The second-order valence-corrected chi connectivity index (χ2v) is 6.50. The Balaban J connectivity index is 2.31. The van der Waals surface area contributed by atoms with Crippen LogP contribution in [0.3, 0.4) is 0 Å². The van der Waals surface area contributed by atoms with Crippen molar-refractivity contribution in [3.63, 3.8) is 0 Å². The van der Waals surface area contributed by atoms with Crippen LogP contribution in [0.5, 0.6) is 0 Å². The number of rotatable bonds is 5. The van der Waals surface area contributed by atoms with Gasteiger partial charge >= 0.3 is 0 Å². The van der Waals surface area contributed by atoms with E-state index in [0.29, 0.717) is 17.1 Å². The summed E-state index contributed by atoms with van der Waals surface area (Å²) in [5.74, 6) is -0.794. The summed E-state index contributed by atoms with van der Waals surface area (Å²) in [6.07, 6.45) is 0. The smallest absolute Gasteiger partial charge is 0.264 e. The third kappa shape index (κ3) is 3.93. The van der Waals surface area contributed by atoms with Gasteiger partial charge in [0.15, 0.2) is 0 Å². The molecule has 0 amide bonds. The van der Waals surface area contributed by atoms with Gasteiger partial charge in [-0.05, 0) is 42.9 Å². The minimum Gasteiger partial charge on any atom is -0.316 e. The zero-order valence-electron chi connectivity index (χ0n) is 11.2. The molecule has 0 aliphatic carbocycles. The predicted molar refractivity (Wildman–Crippen MR) is 81.4 cm³/mol. The summed E-state index contributed by atoms with van der Waals surface area (Å²) in [7, 11) is -2.27. The predicted octanol–water partition coefficient (Wildman–Crippen LogP) is 3.00. The highest BCUT2D eigenvalue weighted by Crippen LogP contribution is 2.22. The highest BCUT2D eigenvalue weighted by atomic mass is 35.5. The minimum atomic E-state index is -4.00. The Morgan fingerprint density at radius 1 is 1.19 bits per heavy atom. The van der Waals surface area contributed by atoms with Crippen LogP contribution in [0, 0.1) is 5.82 Å². The Bertz CT molecular complexity index is 750. The van der Waals surface area contributed by atoms with Crippen LogP contribution in [0.15, 0.2) is 47.4 Å². The molecular weight excluding hydrogens is 315 g/mol. The van der Waals surface area contributed by atoms with E-state index >= 15 is 0 Å². The minimum absolute atomic E-state index is 0.279. The lowest BCUT2D eigenvalue weighted by Crippen LogP contribution is -2.15. The Morgan fingerprint density at radius 3 is 2.57 bits per heavy atom. The largest absolute Gasteiger partial charge is 0.316 e. The molecule has 2 N–H and O–H groups in total. The van der Waals surface area contributed by atoms with Crippen LogP contribution in [0.1, 0.15) is 5.56 Å². The summed E-state index contributed by atoms with van der Waals surface area (Å²) in [6.45, 7) is 0.457. The van der Waals surface area contributed by atoms with Crippen molar-refractivity contribution < 1.29 is 12.8 Å². The van der Waals surface area contributed by atoms with Crippen LogP contribution in [0.2, 0.25) is 5.02 Å². The summed E-state index contributed by atoms with van der Waals surface area (Å²) in [5, 5.41) is 3.26. The van der Waals surface area contributed by atoms with Crippen LogP contribution < -0.4 is 10.0 Å². The number of anilines is 1. The first-order chi connectivity index (χ1) is 9.92. The first-order valence-electron chi connectivity index (χ1n) is 6.14. The van der Waals surface area contributed by atoms with Crippen molar-refractivity contribution in [3.8, 4) is 0 Å². The molecule has 112 valence electrons. The molecule has 0 aliphatic heterocycles. The molecule has 2 aromatic carbocycles. The standard InChI is InChI=1S/C14H14ClFN2O2S/c1-17-9-10-5-6-14(13(16)7-10)21(19,20)18-12-4-2-3-11(15)8-12/h2-8,17-18H,9H2,1H3. The second-order valence-electron chi connectivity index (χ2n) is 4.41.